The third-order valence-electron chi connectivity index (χ3n) is 5.67. The molecule has 0 aliphatic carbocycles. The molecule has 1 fully saturated rings. The number of hydrogen-bond acceptors (Lipinski definition) is 6. The zero-order valence-electron chi connectivity index (χ0n) is 17.9. The van der Waals surface area contributed by atoms with Gasteiger partial charge in [0.25, 0.3) is 5.91 Å². The number of benzene rings is 2. The van der Waals surface area contributed by atoms with E-state index in [4.69, 9.17) is 5.73 Å². The quantitative estimate of drug-likeness (QED) is 0.495. The van der Waals surface area contributed by atoms with Gasteiger partial charge in [-0.25, -0.2) is 9.97 Å². The summed E-state index contributed by atoms with van der Waals surface area (Å²) in [5.74, 6) is -0.643. The molecule has 1 aliphatic heterocycles. The lowest BCUT2D eigenvalue weighted by atomic mass is 10.0. The lowest BCUT2D eigenvalue weighted by Gasteiger charge is -2.30. The van der Waals surface area contributed by atoms with Crippen molar-refractivity contribution in [1.82, 2.24) is 25.2 Å². The molecule has 2 aromatic carbocycles. The van der Waals surface area contributed by atoms with E-state index < -0.39 is 5.91 Å². The van der Waals surface area contributed by atoms with Crippen LogP contribution in [-0.2, 0) is 4.79 Å². The molecule has 0 radical (unpaired) electrons. The number of pyridine rings is 1. The fourth-order valence-electron chi connectivity index (χ4n) is 3.75. The maximum absolute atomic E-state index is 12.9. The van der Waals surface area contributed by atoms with Gasteiger partial charge < -0.3 is 16.0 Å². The van der Waals surface area contributed by atoms with Gasteiger partial charge in [0.05, 0.1) is 23.4 Å². The van der Waals surface area contributed by atoms with Gasteiger partial charge in [-0.1, -0.05) is 42.5 Å². The number of nitrogens with one attached hydrogen (secondary N) is 1. The lowest BCUT2D eigenvalue weighted by Crippen LogP contribution is -2.47. The van der Waals surface area contributed by atoms with E-state index >= 15 is 0 Å². The number of likely N-dealkylation sites (tertiary alicyclic amines) is 1. The molecule has 4 aromatic rings. The number of hydrogen-bond donors (Lipinski definition) is 2. The minimum Gasteiger partial charge on any atom is -0.382 e. The Morgan fingerprint density at radius 3 is 2.48 bits per heavy atom. The van der Waals surface area contributed by atoms with Crippen molar-refractivity contribution in [3.05, 3.63) is 72.6 Å². The number of aromatic nitrogens is 3. The third kappa shape index (κ3) is 4.10. The van der Waals surface area contributed by atoms with Gasteiger partial charge in [0.1, 0.15) is 0 Å². The van der Waals surface area contributed by atoms with Crippen LogP contribution in [0.5, 0.6) is 0 Å². The van der Waals surface area contributed by atoms with E-state index in [-0.39, 0.29) is 24.0 Å². The van der Waals surface area contributed by atoms with Gasteiger partial charge in [-0.15, -0.1) is 0 Å². The Labute approximate surface area is 190 Å². The Balaban J connectivity index is 1.55. The van der Waals surface area contributed by atoms with Crippen molar-refractivity contribution in [2.45, 2.75) is 6.42 Å². The monoisotopic (exact) mass is 438 g/mol. The van der Waals surface area contributed by atoms with E-state index in [2.05, 4.69) is 20.3 Å². The molecule has 0 saturated carbocycles. The van der Waals surface area contributed by atoms with E-state index in [1.807, 2.05) is 60.7 Å². The first-order valence-corrected chi connectivity index (χ1v) is 10.7. The molecule has 0 spiro atoms. The Kier molecular flexibility index (Phi) is 5.40. The predicted octanol–water partition coefficient (Wildman–Crippen LogP) is 2.90. The van der Waals surface area contributed by atoms with Crippen molar-refractivity contribution in [1.29, 1.82) is 0 Å². The van der Waals surface area contributed by atoms with E-state index in [0.29, 0.717) is 11.4 Å². The van der Waals surface area contributed by atoms with Crippen LogP contribution in [0.3, 0.4) is 0 Å². The average molecular weight is 438 g/mol. The molecule has 0 atom stereocenters. The maximum Gasteiger partial charge on any atom is 0.274 e. The highest BCUT2D eigenvalue weighted by Gasteiger charge is 2.23. The van der Waals surface area contributed by atoms with Crippen LogP contribution in [0.25, 0.3) is 33.4 Å². The molecule has 8 nitrogen and oxygen atoms in total. The number of anilines is 1. The van der Waals surface area contributed by atoms with Crippen LogP contribution in [0.4, 0.5) is 5.82 Å². The van der Waals surface area contributed by atoms with Crippen LogP contribution in [0.15, 0.2) is 66.9 Å². The number of nitrogens with zero attached hydrogens (tertiary/aromatic N) is 4. The molecule has 3 heterocycles. The fourth-order valence-corrected chi connectivity index (χ4v) is 3.75. The second-order valence-corrected chi connectivity index (χ2v) is 7.85. The molecule has 8 heteroatoms. The van der Waals surface area contributed by atoms with Crippen LogP contribution < -0.4 is 11.1 Å². The SMILES string of the molecule is Nc1nc(-c2ccccc2)c(-c2ccc3ncccc3c2)nc1C(=O)NCC(=O)N1CCC1. The zero-order chi connectivity index (χ0) is 22.8. The van der Waals surface area contributed by atoms with Crippen LogP contribution >= 0.6 is 0 Å². The molecule has 5 rings (SSSR count). The Morgan fingerprint density at radius 2 is 1.73 bits per heavy atom. The van der Waals surface area contributed by atoms with Gasteiger partial charge in [-0.05, 0) is 24.6 Å². The van der Waals surface area contributed by atoms with Crippen molar-refractivity contribution in [2.24, 2.45) is 0 Å². The lowest BCUT2D eigenvalue weighted by molar-refractivity contribution is -0.133. The van der Waals surface area contributed by atoms with Crippen molar-refractivity contribution in [3.63, 3.8) is 0 Å². The summed E-state index contributed by atoms with van der Waals surface area (Å²) in [5.41, 5.74) is 9.73. The summed E-state index contributed by atoms with van der Waals surface area (Å²) in [6.45, 7) is 1.35. The van der Waals surface area contributed by atoms with Gasteiger partial charge in [-0.2, -0.15) is 0 Å². The van der Waals surface area contributed by atoms with Gasteiger partial charge in [0.2, 0.25) is 5.91 Å². The minimum absolute atomic E-state index is 0.00706. The minimum atomic E-state index is -0.530. The molecular weight excluding hydrogens is 416 g/mol. The third-order valence-corrected chi connectivity index (χ3v) is 5.67. The van der Waals surface area contributed by atoms with Gasteiger partial charge in [0, 0.05) is 35.8 Å². The molecule has 3 N–H and O–H groups in total. The topological polar surface area (TPSA) is 114 Å². The van der Waals surface area contributed by atoms with E-state index in [1.54, 1.807) is 11.1 Å². The number of nitrogens with two attached hydrogens (primary N) is 1. The normalized spacial score (nSPS) is 12.9. The largest absolute Gasteiger partial charge is 0.382 e. The van der Waals surface area contributed by atoms with Crippen molar-refractivity contribution < 1.29 is 9.59 Å². The van der Waals surface area contributed by atoms with Crippen molar-refractivity contribution in [3.8, 4) is 22.5 Å². The maximum atomic E-state index is 12.9. The molecule has 0 bridgehead atoms. The predicted molar refractivity (Wildman–Crippen MR) is 126 cm³/mol. The Morgan fingerprint density at radius 1 is 0.939 bits per heavy atom. The molecule has 164 valence electrons. The highest BCUT2D eigenvalue weighted by atomic mass is 16.2. The summed E-state index contributed by atoms with van der Waals surface area (Å²) in [6, 6.07) is 19.2. The first-order chi connectivity index (χ1) is 16.1. The first kappa shape index (κ1) is 20.6. The van der Waals surface area contributed by atoms with Crippen LogP contribution in [0.2, 0.25) is 0 Å². The standard InChI is InChI=1S/C25H22N6O2/c26-24-23(25(33)28-15-20(32)31-12-5-13-31)29-22(21(30-24)16-6-2-1-3-7-16)18-9-10-19-17(14-18)8-4-11-27-19/h1-4,6-11,14H,5,12-13,15H2,(H2,26,30)(H,28,33). The number of carbonyl (C=O) groups is 2. The average Bonchev–Trinajstić information content (AvgIpc) is 2.81. The Bertz CT molecular complexity index is 1350. The van der Waals surface area contributed by atoms with E-state index in [9.17, 15) is 9.59 Å². The fraction of sp³-hybridized carbons (Fsp3) is 0.160. The van der Waals surface area contributed by atoms with Crippen LogP contribution in [0.1, 0.15) is 16.9 Å². The molecule has 1 aliphatic rings. The second kappa shape index (κ2) is 8.66. The molecule has 2 amide bonds. The van der Waals surface area contributed by atoms with Crippen molar-refractivity contribution in [2.75, 3.05) is 25.4 Å². The number of rotatable bonds is 5. The van der Waals surface area contributed by atoms with E-state index in [1.165, 1.54) is 0 Å². The summed E-state index contributed by atoms with van der Waals surface area (Å²) in [5, 5.41) is 3.58. The summed E-state index contributed by atoms with van der Waals surface area (Å²) in [7, 11) is 0. The van der Waals surface area contributed by atoms with Gasteiger partial charge in [-0.3, -0.25) is 14.6 Å². The highest BCUT2D eigenvalue weighted by molar-refractivity contribution is 6.00. The number of fused-ring (bicyclic) bond motifs is 1. The summed E-state index contributed by atoms with van der Waals surface area (Å²) in [4.78, 5) is 40.3. The van der Waals surface area contributed by atoms with Crippen LogP contribution in [-0.4, -0.2) is 51.3 Å². The van der Waals surface area contributed by atoms with Gasteiger partial charge in [0.15, 0.2) is 11.5 Å². The zero-order valence-corrected chi connectivity index (χ0v) is 17.9. The summed E-state index contributed by atoms with van der Waals surface area (Å²) < 4.78 is 0. The van der Waals surface area contributed by atoms with E-state index in [0.717, 1.165) is 41.5 Å². The molecular formula is C25H22N6O2. The molecule has 2 aromatic heterocycles. The summed E-state index contributed by atoms with van der Waals surface area (Å²) in [6.07, 6.45) is 2.73. The van der Waals surface area contributed by atoms with Crippen molar-refractivity contribution >= 4 is 28.5 Å². The Hall–Kier alpha value is -4.33. The first-order valence-electron chi connectivity index (χ1n) is 10.7. The molecule has 33 heavy (non-hydrogen) atoms. The number of nitrogen functional groups attached to an aromatic ring is 1. The second-order valence-electron chi connectivity index (χ2n) is 7.85. The molecule has 0 unspecified atom stereocenters. The van der Waals surface area contributed by atoms with Gasteiger partial charge >= 0.3 is 0 Å². The number of amides is 2. The van der Waals surface area contributed by atoms with Crippen LogP contribution in [0, 0.1) is 0 Å². The smallest absolute Gasteiger partial charge is 0.274 e. The molecule has 1 saturated heterocycles. The number of carbonyl (C=O) groups excluding carboxylic acids is 2. The summed E-state index contributed by atoms with van der Waals surface area (Å²) >= 11 is 0. The highest BCUT2D eigenvalue weighted by Crippen LogP contribution is 2.32.